The molecule has 0 atom stereocenters. The lowest BCUT2D eigenvalue weighted by atomic mass is 10.1. The summed E-state index contributed by atoms with van der Waals surface area (Å²) in [7, 11) is 6.00. The molecule has 6 N–H and O–H groups in total. The van der Waals surface area contributed by atoms with Gasteiger partial charge in [-0.15, -0.1) is 0 Å². The maximum absolute atomic E-state index is 5.45. The minimum absolute atomic E-state index is 0. The van der Waals surface area contributed by atoms with Crippen LogP contribution in [0.2, 0.25) is 0 Å². The monoisotopic (exact) mass is 308 g/mol. The highest BCUT2D eigenvalue weighted by Gasteiger charge is 1.92. The van der Waals surface area contributed by atoms with Gasteiger partial charge in [0, 0.05) is 0 Å². The van der Waals surface area contributed by atoms with Gasteiger partial charge >= 0.3 is 0 Å². The molecule has 0 unspecified atom stereocenters. The van der Waals surface area contributed by atoms with E-state index >= 15 is 0 Å². The van der Waals surface area contributed by atoms with Crippen LogP contribution in [0.15, 0.2) is 0 Å². The first-order valence-electron chi connectivity index (χ1n) is 8.46. The Morgan fingerprint density at radius 1 is 0.571 bits per heavy atom. The fourth-order valence-corrected chi connectivity index (χ4v) is 1.99. The largest absolute Gasteiger partial charge is 0.412 e. The first-order valence-corrected chi connectivity index (χ1v) is 8.46. The molecule has 0 radical (unpaired) electrons. The molecule has 0 aliphatic rings. The van der Waals surface area contributed by atoms with Crippen molar-refractivity contribution in [2.75, 3.05) is 27.7 Å². The topological polar surface area (TPSA) is 92.3 Å². The summed E-state index contributed by atoms with van der Waals surface area (Å²) in [5.41, 5.74) is 5.45. The Labute approximate surface area is 134 Å². The van der Waals surface area contributed by atoms with Gasteiger partial charge in [-0.05, 0) is 34.1 Å². The van der Waals surface area contributed by atoms with Crippen LogP contribution in [0.3, 0.4) is 0 Å². The van der Waals surface area contributed by atoms with Gasteiger partial charge in [-0.1, -0.05) is 77.6 Å². The molecule has 21 heavy (non-hydrogen) atoms. The highest BCUT2D eigenvalue weighted by atomic mass is 16.0. The van der Waals surface area contributed by atoms with Gasteiger partial charge in [-0.2, -0.15) is 0 Å². The van der Waals surface area contributed by atoms with Crippen LogP contribution in [0.25, 0.3) is 0 Å². The van der Waals surface area contributed by atoms with E-state index in [-0.39, 0.29) is 11.0 Å². The SMILES string of the molecule is CCCCCCCCCCCCCCN.CN(C)C.O.O. The van der Waals surface area contributed by atoms with Crippen molar-refractivity contribution in [1.29, 1.82) is 0 Å². The Hall–Kier alpha value is -0.160. The molecule has 0 heterocycles. The molecule has 0 aliphatic carbocycles. The number of nitrogens with two attached hydrogens (primary N) is 1. The molecule has 0 aliphatic heterocycles. The summed E-state index contributed by atoms with van der Waals surface area (Å²) in [5, 5.41) is 0. The summed E-state index contributed by atoms with van der Waals surface area (Å²) in [5.74, 6) is 0. The maximum atomic E-state index is 5.45. The van der Waals surface area contributed by atoms with Crippen LogP contribution < -0.4 is 5.73 Å². The van der Waals surface area contributed by atoms with Crippen molar-refractivity contribution < 1.29 is 11.0 Å². The van der Waals surface area contributed by atoms with E-state index in [9.17, 15) is 0 Å². The minimum Gasteiger partial charge on any atom is -0.412 e. The number of hydrogen-bond acceptors (Lipinski definition) is 2. The molecular weight excluding hydrogens is 264 g/mol. The van der Waals surface area contributed by atoms with Gasteiger partial charge in [-0.25, -0.2) is 0 Å². The average molecular weight is 309 g/mol. The average Bonchev–Trinajstić information content (AvgIpc) is 2.35. The van der Waals surface area contributed by atoms with E-state index in [4.69, 9.17) is 5.73 Å². The van der Waals surface area contributed by atoms with Crippen LogP contribution in [0, 0.1) is 0 Å². The lowest BCUT2D eigenvalue weighted by molar-refractivity contribution is 0.505. The van der Waals surface area contributed by atoms with Crippen molar-refractivity contribution in [3.63, 3.8) is 0 Å². The Morgan fingerprint density at radius 2 is 0.810 bits per heavy atom. The minimum atomic E-state index is 0. The molecule has 0 aromatic rings. The van der Waals surface area contributed by atoms with Gasteiger partial charge in [0.1, 0.15) is 0 Å². The highest BCUT2D eigenvalue weighted by molar-refractivity contribution is 4.48. The molecule has 0 saturated carbocycles. The maximum Gasteiger partial charge on any atom is -0.00773 e. The lowest BCUT2D eigenvalue weighted by Crippen LogP contribution is -1.99. The van der Waals surface area contributed by atoms with Crippen molar-refractivity contribution in [3.05, 3.63) is 0 Å². The number of rotatable bonds is 12. The summed E-state index contributed by atoms with van der Waals surface area (Å²) < 4.78 is 0. The molecule has 0 rings (SSSR count). The van der Waals surface area contributed by atoms with E-state index in [1.807, 2.05) is 26.0 Å². The summed E-state index contributed by atoms with van der Waals surface area (Å²) in [4.78, 5) is 2.00. The fraction of sp³-hybridized carbons (Fsp3) is 1.00. The summed E-state index contributed by atoms with van der Waals surface area (Å²) in [6, 6.07) is 0. The van der Waals surface area contributed by atoms with E-state index in [1.165, 1.54) is 77.0 Å². The Bertz CT molecular complexity index is 130. The van der Waals surface area contributed by atoms with Crippen LogP contribution in [-0.4, -0.2) is 43.5 Å². The van der Waals surface area contributed by atoms with E-state index in [2.05, 4.69) is 6.92 Å². The standard InChI is InChI=1S/C14H31N.C3H9N.2H2O/c1-2-3-4-5-6-7-8-9-10-11-12-13-14-15;1-4(2)3;;/h2-15H2,1H3;1-3H3;2*1H2. The Kier molecular flexibility index (Phi) is 38.7. The van der Waals surface area contributed by atoms with Gasteiger partial charge < -0.3 is 21.6 Å². The second-order valence-corrected chi connectivity index (χ2v) is 6.02. The molecule has 4 nitrogen and oxygen atoms in total. The normalized spacial score (nSPS) is 9.43. The second kappa shape index (κ2) is 28.1. The summed E-state index contributed by atoms with van der Waals surface area (Å²) in [6.07, 6.45) is 16.9. The van der Waals surface area contributed by atoms with Crippen LogP contribution >= 0.6 is 0 Å². The van der Waals surface area contributed by atoms with Crippen LogP contribution in [0.5, 0.6) is 0 Å². The van der Waals surface area contributed by atoms with Gasteiger partial charge in [0.15, 0.2) is 0 Å². The predicted octanol–water partition coefficient (Wildman–Crippen LogP) is 3.17. The Balaban J connectivity index is -0.000000213. The number of nitrogens with zero attached hydrogens (tertiary/aromatic N) is 1. The third-order valence-electron chi connectivity index (χ3n) is 3.06. The van der Waals surface area contributed by atoms with Crippen LogP contribution in [0.4, 0.5) is 0 Å². The molecular formula is C17H44N2O2. The van der Waals surface area contributed by atoms with Crippen molar-refractivity contribution in [1.82, 2.24) is 4.90 Å². The zero-order chi connectivity index (χ0) is 14.8. The molecule has 0 amide bonds. The first-order chi connectivity index (χ1) is 9.15. The van der Waals surface area contributed by atoms with Gasteiger partial charge in [0.05, 0.1) is 0 Å². The van der Waals surface area contributed by atoms with Gasteiger partial charge in [0.25, 0.3) is 0 Å². The van der Waals surface area contributed by atoms with E-state index in [0.29, 0.717) is 0 Å². The molecule has 134 valence electrons. The van der Waals surface area contributed by atoms with Crippen molar-refractivity contribution in [2.24, 2.45) is 5.73 Å². The third kappa shape index (κ3) is 45.0. The van der Waals surface area contributed by atoms with Crippen molar-refractivity contribution in [2.45, 2.75) is 84.0 Å². The zero-order valence-electron chi connectivity index (χ0n) is 15.2. The fourth-order valence-electron chi connectivity index (χ4n) is 1.99. The zero-order valence-corrected chi connectivity index (χ0v) is 15.2. The smallest absolute Gasteiger partial charge is 0.00773 e. The lowest BCUT2D eigenvalue weighted by Gasteiger charge is -2.01. The molecule has 0 saturated heterocycles. The molecule has 0 spiro atoms. The quantitative estimate of drug-likeness (QED) is 0.561. The predicted molar refractivity (Wildman–Crippen MR) is 97.0 cm³/mol. The molecule has 0 bridgehead atoms. The second-order valence-electron chi connectivity index (χ2n) is 6.02. The van der Waals surface area contributed by atoms with E-state index in [1.54, 1.807) is 0 Å². The number of hydrogen-bond donors (Lipinski definition) is 1. The first kappa shape index (κ1) is 28.9. The van der Waals surface area contributed by atoms with E-state index < -0.39 is 0 Å². The van der Waals surface area contributed by atoms with Gasteiger partial charge in [-0.3, -0.25) is 0 Å². The van der Waals surface area contributed by atoms with Gasteiger partial charge in [0.2, 0.25) is 0 Å². The van der Waals surface area contributed by atoms with Crippen LogP contribution in [-0.2, 0) is 0 Å². The van der Waals surface area contributed by atoms with E-state index in [0.717, 1.165) is 6.54 Å². The molecule has 0 aromatic heterocycles. The number of unbranched alkanes of at least 4 members (excludes halogenated alkanes) is 11. The Morgan fingerprint density at radius 3 is 1.05 bits per heavy atom. The highest BCUT2D eigenvalue weighted by Crippen LogP contribution is 2.11. The third-order valence-corrected chi connectivity index (χ3v) is 3.06. The molecule has 0 fully saturated rings. The van der Waals surface area contributed by atoms with Crippen LogP contribution in [0.1, 0.15) is 84.0 Å². The van der Waals surface area contributed by atoms with Crippen molar-refractivity contribution in [3.8, 4) is 0 Å². The van der Waals surface area contributed by atoms with Crippen molar-refractivity contribution >= 4 is 0 Å². The molecule has 4 heteroatoms. The summed E-state index contributed by atoms with van der Waals surface area (Å²) in [6.45, 7) is 3.15. The molecule has 0 aromatic carbocycles. The summed E-state index contributed by atoms with van der Waals surface area (Å²) >= 11 is 0.